The lowest BCUT2D eigenvalue weighted by Gasteiger charge is -2.35. The van der Waals surface area contributed by atoms with E-state index in [2.05, 4.69) is 29.7 Å². The smallest absolute Gasteiger partial charge is 0.410 e. The molecular weight excluding hydrogens is 412 g/mol. The number of nitrogens with zero attached hydrogens (tertiary/aromatic N) is 1. The number of hydrogen-bond acceptors (Lipinski definition) is 5. The zero-order chi connectivity index (χ0) is 23.8. The minimum atomic E-state index is -0.984. The molecule has 0 aromatic heterocycles. The molecule has 2 aliphatic heterocycles. The van der Waals surface area contributed by atoms with E-state index in [9.17, 15) is 19.2 Å². The van der Waals surface area contributed by atoms with E-state index < -0.39 is 35.6 Å². The molecule has 3 aliphatic rings. The van der Waals surface area contributed by atoms with Crippen LogP contribution in [0.1, 0.15) is 47.5 Å². The third-order valence-electron chi connectivity index (χ3n) is 6.84. The van der Waals surface area contributed by atoms with Gasteiger partial charge in [0, 0.05) is 19.0 Å². The minimum Gasteiger partial charge on any atom is -0.444 e. The first-order valence-electron chi connectivity index (χ1n) is 11.4. The van der Waals surface area contributed by atoms with E-state index in [0.717, 1.165) is 0 Å². The Hall–Kier alpha value is -2.58. The van der Waals surface area contributed by atoms with Crippen molar-refractivity contribution in [3.05, 3.63) is 12.2 Å². The van der Waals surface area contributed by atoms with E-state index in [1.165, 1.54) is 4.90 Å². The number of ether oxygens (including phenoxy) is 1. The van der Waals surface area contributed by atoms with Gasteiger partial charge in [0.1, 0.15) is 17.7 Å². The summed E-state index contributed by atoms with van der Waals surface area (Å²) in [5.74, 6) is -1.36. The number of nitrogens with two attached hydrogens (primary N) is 1. The highest BCUT2D eigenvalue weighted by Crippen LogP contribution is 2.44. The summed E-state index contributed by atoms with van der Waals surface area (Å²) >= 11 is 0. The van der Waals surface area contributed by atoms with Gasteiger partial charge in [0.25, 0.3) is 0 Å². The zero-order valence-corrected chi connectivity index (χ0v) is 19.6. The van der Waals surface area contributed by atoms with Gasteiger partial charge in [-0.05, 0) is 57.3 Å². The number of allylic oxidation sites excluding steroid dienone is 2. The Morgan fingerprint density at radius 3 is 2.47 bits per heavy atom. The molecule has 4 N–H and O–H groups in total. The Balaban J connectivity index is 1.84. The van der Waals surface area contributed by atoms with Crippen LogP contribution in [0.15, 0.2) is 12.2 Å². The first-order valence-corrected chi connectivity index (χ1v) is 11.4. The van der Waals surface area contributed by atoms with Crippen LogP contribution in [0, 0.1) is 29.6 Å². The molecular formula is C23H36N4O5. The highest BCUT2D eigenvalue weighted by atomic mass is 16.6. The lowest BCUT2D eigenvalue weighted by Crippen LogP contribution is -2.55. The Labute approximate surface area is 189 Å². The summed E-state index contributed by atoms with van der Waals surface area (Å²) in [6.07, 6.45) is 4.41. The van der Waals surface area contributed by atoms with Crippen molar-refractivity contribution in [1.29, 1.82) is 0 Å². The quantitative estimate of drug-likeness (QED) is 0.544. The van der Waals surface area contributed by atoms with Crippen molar-refractivity contribution in [3.63, 3.8) is 0 Å². The van der Waals surface area contributed by atoms with Crippen LogP contribution in [0.3, 0.4) is 0 Å². The SMILES string of the molecule is C[C@@H]1C=C[C@H](C)[C@H]2CN(C(=O)OC(C)(C)C)[C@H](C(=O)N[C@@H](C[C@@H]3CCNC3=O)C(N)=O)[C@H]21. The fourth-order valence-electron chi connectivity index (χ4n) is 5.20. The van der Waals surface area contributed by atoms with Crippen LogP contribution in [-0.4, -0.2) is 59.5 Å². The van der Waals surface area contributed by atoms with Gasteiger partial charge in [-0.15, -0.1) is 0 Å². The van der Waals surface area contributed by atoms with E-state index in [1.807, 2.05) is 6.92 Å². The van der Waals surface area contributed by atoms with Crippen molar-refractivity contribution in [2.24, 2.45) is 35.3 Å². The lowest BCUT2D eigenvalue weighted by atomic mass is 9.71. The molecule has 0 spiro atoms. The van der Waals surface area contributed by atoms with Crippen LogP contribution >= 0.6 is 0 Å². The third-order valence-corrected chi connectivity index (χ3v) is 6.84. The molecule has 0 unspecified atom stereocenters. The maximum absolute atomic E-state index is 13.5. The molecule has 0 aromatic rings. The number of rotatable bonds is 5. The molecule has 0 radical (unpaired) electrons. The van der Waals surface area contributed by atoms with Crippen molar-refractivity contribution in [1.82, 2.24) is 15.5 Å². The Bertz CT molecular complexity index is 805. The number of carbonyl (C=O) groups excluding carboxylic acids is 4. The second kappa shape index (κ2) is 9.11. The molecule has 0 saturated carbocycles. The molecule has 9 nitrogen and oxygen atoms in total. The number of nitrogens with one attached hydrogen (secondary N) is 2. The second-order valence-corrected chi connectivity index (χ2v) is 10.4. The fourth-order valence-corrected chi connectivity index (χ4v) is 5.20. The number of primary amides is 1. The van der Waals surface area contributed by atoms with Crippen molar-refractivity contribution in [2.45, 2.75) is 65.1 Å². The van der Waals surface area contributed by atoms with E-state index in [-0.39, 0.29) is 41.9 Å². The number of likely N-dealkylation sites (tertiary alicyclic amines) is 1. The van der Waals surface area contributed by atoms with Crippen LogP contribution in [0.25, 0.3) is 0 Å². The van der Waals surface area contributed by atoms with Crippen molar-refractivity contribution in [3.8, 4) is 0 Å². The zero-order valence-electron chi connectivity index (χ0n) is 19.6. The summed E-state index contributed by atoms with van der Waals surface area (Å²) in [4.78, 5) is 52.1. The molecule has 7 atom stereocenters. The van der Waals surface area contributed by atoms with Crippen LogP contribution in [-0.2, 0) is 19.1 Å². The maximum atomic E-state index is 13.5. The lowest BCUT2D eigenvalue weighted by molar-refractivity contribution is -0.132. The van der Waals surface area contributed by atoms with Gasteiger partial charge in [0.05, 0.1) is 0 Å². The minimum absolute atomic E-state index is 0.0759. The first-order chi connectivity index (χ1) is 14.9. The average Bonchev–Trinajstić information content (AvgIpc) is 3.27. The standard InChI is InChI=1S/C23H36N4O5/c1-12-6-7-13(2)17-15(12)11-27(22(31)32-23(3,4)5)18(17)21(30)26-16(19(24)28)10-14-8-9-25-20(14)29/h6-7,12-18H,8-11H2,1-5H3,(H2,24,28)(H,25,29)(H,26,30)/t12-,13+,14-,15+,16-,17-,18-/m0/s1. The Kier molecular flexibility index (Phi) is 6.86. The molecule has 2 saturated heterocycles. The number of fused-ring (bicyclic) bond motifs is 1. The molecule has 2 fully saturated rings. The van der Waals surface area contributed by atoms with Gasteiger partial charge < -0.3 is 21.1 Å². The average molecular weight is 449 g/mol. The second-order valence-electron chi connectivity index (χ2n) is 10.4. The predicted octanol–water partition coefficient (Wildman–Crippen LogP) is 1.18. The predicted molar refractivity (Wildman–Crippen MR) is 118 cm³/mol. The van der Waals surface area contributed by atoms with E-state index in [4.69, 9.17) is 10.5 Å². The Morgan fingerprint density at radius 2 is 1.91 bits per heavy atom. The molecule has 1 aliphatic carbocycles. The van der Waals surface area contributed by atoms with Gasteiger partial charge in [-0.3, -0.25) is 19.3 Å². The summed E-state index contributed by atoms with van der Waals surface area (Å²) < 4.78 is 5.59. The van der Waals surface area contributed by atoms with Crippen molar-refractivity contribution < 1.29 is 23.9 Å². The van der Waals surface area contributed by atoms with Gasteiger partial charge in [-0.25, -0.2) is 4.79 Å². The van der Waals surface area contributed by atoms with E-state index >= 15 is 0 Å². The number of carbonyl (C=O) groups is 4. The molecule has 0 bridgehead atoms. The van der Waals surface area contributed by atoms with Crippen molar-refractivity contribution >= 4 is 23.8 Å². The summed E-state index contributed by atoms with van der Waals surface area (Å²) in [5.41, 5.74) is 4.86. The molecule has 2 heterocycles. The number of amides is 4. The Morgan fingerprint density at radius 1 is 1.25 bits per heavy atom. The highest BCUT2D eigenvalue weighted by Gasteiger charge is 2.53. The highest BCUT2D eigenvalue weighted by molar-refractivity contribution is 5.92. The monoisotopic (exact) mass is 448 g/mol. The van der Waals surface area contributed by atoms with Gasteiger partial charge in [-0.2, -0.15) is 0 Å². The van der Waals surface area contributed by atoms with Crippen molar-refractivity contribution in [2.75, 3.05) is 13.1 Å². The molecule has 3 rings (SSSR count). The third kappa shape index (κ3) is 5.07. The molecule has 9 heteroatoms. The van der Waals surface area contributed by atoms with Gasteiger partial charge in [-0.1, -0.05) is 26.0 Å². The number of hydrogen-bond donors (Lipinski definition) is 3. The topological polar surface area (TPSA) is 131 Å². The van der Waals surface area contributed by atoms with E-state index in [0.29, 0.717) is 19.5 Å². The normalized spacial score (nSPS) is 32.8. The summed E-state index contributed by atoms with van der Waals surface area (Å²) in [5, 5.41) is 5.49. The largest absolute Gasteiger partial charge is 0.444 e. The fraction of sp³-hybridized carbons (Fsp3) is 0.739. The molecule has 178 valence electrons. The summed E-state index contributed by atoms with van der Waals surface area (Å²) in [7, 11) is 0. The van der Waals surface area contributed by atoms with Gasteiger partial charge in [0.2, 0.25) is 17.7 Å². The maximum Gasteiger partial charge on any atom is 0.410 e. The summed E-state index contributed by atoms with van der Waals surface area (Å²) in [6, 6.07) is -1.76. The van der Waals surface area contributed by atoms with Gasteiger partial charge in [0.15, 0.2) is 0 Å². The van der Waals surface area contributed by atoms with Crippen LogP contribution in [0.2, 0.25) is 0 Å². The van der Waals surface area contributed by atoms with E-state index in [1.54, 1.807) is 20.8 Å². The summed E-state index contributed by atoms with van der Waals surface area (Å²) in [6.45, 7) is 10.4. The first kappa shape index (κ1) is 24.1. The van der Waals surface area contributed by atoms with Crippen LogP contribution in [0.4, 0.5) is 4.79 Å². The van der Waals surface area contributed by atoms with Crippen LogP contribution < -0.4 is 16.4 Å². The molecule has 4 amide bonds. The molecule has 32 heavy (non-hydrogen) atoms. The molecule has 0 aromatic carbocycles. The van der Waals surface area contributed by atoms with Gasteiger partial charge >= 0.3 is 6.09 Å². The van der Waals surface area contributed by atoms with Crippen LogP contribution in [0.5, 0.6) is 0 Å².